The van der Waals surface area contributed by atoms with Crippen molar-refractivity contribution in [1.82, 2.24) is 20.2 Å². The Morgan fingerprint density at radius 3 is 2.34 bits per heavy atom. The Kier molecular flexibility index (Phi) is 6.49. The number of fused-ring (bicyclic) bond motifs is 1. The number of aromatic nitrogens is 3. The van der Waals surface area contributed by atoms with Crippen LogP contribution in [0.15, 0.2) is 90.1 Å². The molecule has 176 valence electrons. The second kappa shape index (κ2) is 10.0. The van der Waals surface area contributed by atoms with Gasteiger partial charge in [-0.25, -0.2) is 9.47 Å². The molecule has 2 N–H and O–H groups in total. The first kappa shape index (κ1) is 22.7. The molecule has 9 heteroatoms. The van der Waals surface area contributed by atoms with Crippen LogP contribution >= 0.6 is 11.8 Å². The van der Waals surface area contributed by atoms with Gasteiger partial charge in [0.1, 0.15) is 5.25 Å². The Bertz CT molecular complexity index is 1330. The highest BCUT2D eigenvalue weighted by atomic mass is 32.2. The van der Waals surface area contributed by atoms with E-state index < -0.39 is 17.3 Å². The van der Waals surface area contributed by atoms with Crippen molar-refractivity contribution in [2.75, 3.05) is 12.5 Å². The van der Waals surface area contributed by atoms with E-state index in [1.54, 1.807) is 12.1 Å². The largest absolute Gasteiger partial charge is 0.465 e. The average molecular weight is 486 g/mol. The second-order valence-electron chi connectivity index (χ2n) is 7.97. The van der Waals surface area contributed by atoms with E-state index in [1.807, 2.05) is 77.5 Å². The zero-order chi connectivity index (χ0) is 24.2. The van der Waals surface area contributed by atoms with Crippen LogP contribution in [0, 0.1) is 0 Å². The van der Waals surface area contributed by atoms with E-state index in [0.29, 0.717) is 23.1 Å². The maximum atomic E-state index is 13.4. The Hall–Kier alpha value is -4.11. The number of benzene rings is 3. The summed E-state index contributed by atoms with van der Waals surface area (Å²) in [5.41, 5.74) is 6.67. The molecule has 0 radical (unpaired) electrons. The van der Waals surface area contributed by atoms with Crippen molar-refractivity contribution < 1.29 is 14.3 Å². The Labute approximate surface area is 206 Å². The van der Waals surface area contributed by atoms with Crippen molar-refractivity contribution in [3.63, 3.8) is 0 Å². The summed E-state index contributed by atoms with van der Waals surface area (Å²) in [7, 11) is 1.35. The molecule has 5 rings (SSSR count). The fourth-order valence-electron chi connectivity index (χ4n) is 3.91. The third-order valence-electron chi connectivity index (χ3n) is 5.73. The molecular formula is C26H23N5O3S. The first-order valence-corrected chi connectivity index (χ1v) is 12.0. The lowest BCUT2D eigenvalue weighted by Crippen LogP contribution is -2.43. The normalized spacial score (nSPS) is 16.6. The number of methoxy groups -OCH3 is 1. The van der Waals surface area contributed by atoms with Crippen LogP contribution in [0.5, 0.6) is 0 Å². The SMILES string of the molecule is COC(=O)c1ccc([C@H]2Nn3c(nnc3-c3ccccc3)S[C@@H]2C(=O)NCc2ccccc2)cc1. The van der Waals surface area contributed by atoms with Crippen LogP contribution in [0.25, 0.3) is 11.4 Å². The summed E-state index contributed by atoms with van der Waals surface area (Å²) in [4.78, 5) is 25.3. The Morgan fingerprint density at radius 1 is 0.971 bits per heavy atom. The van der Waals surface area contributed by atoms with Gasteiger partial charge in [0.2, 0.25) is 11.1 Å². The highest BCUT2D eigenvalue weighted by Crippen LogP contribution is 2.38. The van der Waals surface area contributed by atoms with Crippen LogP contribution in [-0.4, -0.2) is 39.1 Å². The van der Waals surface area contributed by atoms with Gasteiger partial charge in [0.05, 0.1) is 18.7 Å². The zero-order valence-electron chi connectivity index (χ0n) is 18.9. The molecule has 0 fully saturated rings. The van der Waals surface area contributed by atoms with Crippen LogP contribution < -0.4 is 10.7 Å². The fourth-order valence-corrected chi connectivity index (χ4v) is 5.01. The molecule has 1 aliphatic heterocycles. The van der Waals surface area contributed by atoms with Crippen LogP contribution in [0.2, 0.25) is 0 Å². The molecule has 2 heterocycles. The summed E-state index contributed by atoms with van der Waals surface area (Å²) in [6, 6.07) is 26.2. The predicted octanol–water partition coefficient (Wildman–Crippen LogP) is 3.81. The standard InChI is InChI=1S/C26H23N5O3S/c1-34-25(33)20-14-12-18(13-15-20)21-22(24(32)27-16-17-8-4-2-5-9-17)35-26-29-28-23(31(26)30-21)19-10-6-3-7-11-19/h2-15,21-22,30H,16H2,1H3,(H,27,32)/t21-,22+/m1/s1. The van der Waals surface area contributed by atoms with Gasteiger partial charge in [-0.2, -0.15) is 0 Å². The summed E-state index contributed by atoms with van der Waals surface area (Å²) >= 11 is 1.36. The van der Waals surface area contributed by atoms with E-state index in [-0.39, 0.29) is 5.91 Å². The van der Waals surface area contributed by atoms with Gasteiger partial charge in [0, 0.05) is 12.1 Å². The Morgan fingerprint density at radius 2 is 1.66 bits per heavy atom. The maximum Gasteiger partial charge on any atom is 0.337 e. The smallest absolute Gasteiger partial charge is 0.337 e. The van der Waals surface area contributed by atoms with Gasteiger partial charge >= 0.3 is 5.97 Å². The van der Waals surface area contributed by atoms with Crippen LogP contribution in [0.3, 0.4) is 0 Å². The van der Waals surface area contributed by atoms with Crippen molar-refractivity contribution in [3.8, 4) is 11.4 Å². The monoisotopic (exact) mass is 485 g/mol. The number of carbonyl (C=O) groups excluding carboxylic acids is 2. The van der Waals surface area contributed by atoms with Crippen molar-refractivity contribution in [2.24, 2.45) is 0 Å². The molecule has 4 aromatic rings. The lowest BCUT2D eigenvalue weighted by Gasteiger charge is -2.33. The molecule has 1 aliphatic rings. The lowest BCUT2D eigenvalue weighted by molar-refractivity contribution is -0.121. The minimum Gasteiger partial charge on any atom is -0.465 e. The summed E-state index contributed by atoms with van der Waals surface area (Å²) in [5.74, 6) is 0.128. The molecule has 0 saturated carbocycles. The molecule has 8 nitrogen and oxygen atoms in total. The average Bonchev–Trinajstić information content (AvgIpc) is 3.35. The van der Waals surface area contributed by atoms with E-state index in [0.717, 1.165) is 16.7 Å². The highest BCUT2D eigenvalue weighted by Gasteiger charge is 2.38. The summed E-state index contributed by atoms with van der Waals surface area (Å²) in [6.07, 6.45) is 0. The van der Waals surface area contributed by atoms with Gasteiger partial charge < -0.3 is 15.5 Å². The number of rotatable bonds is 6. The molecule has 0 saturated heterocycles. The van der Waals surface area contributed by atoms with Gasteiger partial charge in [0.15, 0.2) is 5.82 Å². The molecule has 0 aliphatic carbocycles. The number of hydrogen-bond donors (Lipinski definition) is 2. The molecule has 0 spiro atoms. The van der Waals surface area contributed by atoms with Gasteiger partial charge in [-0.15, -0.1) is 10.2 Å². The minimum atomic E-state index is -0.511. The molecule has 3 aromatic carbocycles. The molecule has 0 bridgehead atoms. The van der Waals surface area contributed by atoms with E-state index in [2.05, 4.69) is 20.9 Å². The number of esters is 1. The van der Waals surface area contributed by atoms with Crippen molar-refractivity contribution in [1.29, 1.82) is 0 Å². The number of thioether (sulfide) groups is 1. The zero-order valence-corrected chi connectivity index (χ0v) is 19.7. The number of nitrogens with one attached hydrogen (secondary N) is 2. The van der Waals surface area contributed by atoms with E-state index >= 15 is 0 Å². The third kappa shape index (κ3) is 4.76. The number of hydrogen-bond acceptors (Lipinski definition) is 7. The van der Waals surface area contributed by atoms with Gasteiger partial charge in [-0.3, -0.25) is 4.79 Å². The first-order chi connectivity index (χ1) is 17.1. The molecular weight excluding hydrogens is 462 g/mol. The quantitative estimate of drug-likeness (QED) is 0.401. The van der Waals surface area contributed by atoms with Crippen LogP contribution in [-0.2, 0) is 16.1 Å². The summed E-state index contributed by atoms with van der Waals surface area (Å²) in [6.45, 7) is 0.423. The topological polar surface area (TPSA) is 98.1 Å². The van der Waals surface area contributed by atoms with Crippen molar-refractivity contribution >= 4 is 23.6 Å². The molecule has 1 amide bonds. The van der Waals surface area contributed by atoms with E-state index in [1.165, 1.54) is 18.9 Å². The highest BCUT2D eigenvalue weighted by molar-refractivity contribution is 8.00. The minimum absolute atomic E-state index is 0.121. The molecule has 0 unspecified atom stereocenters. The lowest BCUT2D eigenvalue weighted by atomic mass is 10.0. The maximum absolute atomic E-state index is 13.4. The van der Waals surface area contributed by atoms with Crippen molar-refractivity contribution in [3.05, 3.63) is 102 Å². The third-order valence-corrected chi connectivity index (χ3v) is 6.94. The number of amides is 1. The van der Waals surface area contributed by atoms with Gasteiger partial charge in [-0.1, -0.05) is 84.6 Å². The number of nitrogens with zero attached hydrogens (tertiary/aromatic N) is 3. The summed E-state index contributed by atoms with van der Waals surface area (Å²) < 4.78 is 6.63. The van der Waals surface area contributed by atoms with Crippen molar-refractivity contribution in [2.45, 2.75) is 23.0 Å². The predicted molar refractivity (Wildman–Crippen MR) is 133 cm³/mol. The number of ether oxygens (including phenoxy) is 1. The number of carbonyl (C=O) groups is 2. The van der Waals surface area contributed by atoms with Gasteiger partial charge in [0.25, 0.3) is 0 Å². The van der Waals surface area contributed by atoms with Crippen LogP contribution in [0.4, 0.5) is 0 Å². The van der Waals surface area contributed by atoms with Crippen LogP contribution in [0.1, 0.15) is 27.5 Å². The second-order valence-corrected chi connectivity index (χ2v) is 9.08. The molecule has 35 heavy (non-hydrogen) atoms. The van der Waals surface area contributed by atoms with E-state index in [4.69, 9.17) is 4.74 Å². The van der Waals surface area contributed by atoms with E-state index in [9.17, 15) is 9.59 Å². The summed E-state index contributed by atoms with van der Waals surface area (Å²) in [5, 5.41) is 11.8. The molecule has 1 aromatic heterocycles. The first-order valence-electron chi connectivity index (χ1n) is 11.1. The van der Waals surface area contributed by atoms with Gasteiger partial charge in [-0.05, 0) is 23.3 Å². The molecule has 2 atom stereocenters. The fraction of sp³-hybridized carbons (Fsp3) is 0.154. The Balaban J connectivity index is 1.46.